The molecule has 54 heavy (non-hydrogen) atoms. The topological polar surface area (TPSA) is 38.7 Å². The second kappa shape index (κ2) is 13.5. The molecular weight excluding hydrogens is 698 g/mol. The van der Waals surface area contributed by atoms with E-state index in [-0.39, 0.29) is 0 Å². The molecule has 2 heterocycles. The molecule has 0 spiro atoms. The molecule has 0 unspecified atom stereocenters. The first-order valence-corrected chi connectivity index (χ1v) is 19.1. The summed E-state index contributed by atoms with van der Waals surface area (Å²) >= 11 is 8.96. The largest absolute Gasteiger partial charge is 0.208 e. The summed E-state index contributed by atoms with van der Waals surface area (Å²) in [6, 6.07) is 63.3. The zero-order chi connectivity index (χ0) is 36.0. The normalized spacial score (nSPS) is 11.4. The van der Waals surface area contributed by atoms with E-state index in [0.717, 1.165) is 44.3 Å². The van der Waals surface area contributed by atoms with Crippen molar-refractivity contribution >= 4 is 53.9 Å². The van der Waals surface area contributed by atoms with Crippen LogP contribution in [0, 0.1) is 0 Å². The minimum absolute atomic E-state index is 0.587. The molecule has 0 amide bonds. The summed E-state index contributed by atoms with van der Waals surface area (Å²) in [5.74, 6) is 1.81. The molecule has 0 N–H and O–H groups in total. The number of hydrogen-bond donors (Lipinski definition) is 0. The molecule has 10 rings (SSSR count). The maximum absolute atomic E-state index is 7.15. The fourth-order valence-electron chi connectivity index (χ4n) is 7.33. The van der Waals surface area contributed by atoms with E-state index in [2.05, 4.69) is 133 Å². The Labute approximate surface area is 321 Å². The van der Waals surface area contributed by atoms with Gasteiger partial charge in [-0.15, -0.1) is 11.3 Å². The van der Waals surface area contributed by atoms with Gasteiger partial charge < -0.3 is 0 Å². The van der Waals surface area contributed by atoms with Gasteiger partial charge in [-0.1, -0.05) is 163 Å². The summed E-state index contributed by atoms with van der Waals surface area (Å²) in [6.45, 7) is 0. The molecule has 2 aromatic heterocycles. The number of rotatable bonds is 6. The second-order valence-corrected chi connectivity index (χ2v) is 14.8. The molecule has 0 fully saturated rings. The monoisotopic (exact) mass is 727 g/mol. The predicted octanol–water partition coefficient (Wildman–Crippen LogP) is 14.0. The Hall–Kier alpha value is -6.46. The maximum Gasteiger partial charge on any atom is 0.164 e. The number of thiophene rings is 1. The van der Waals surface area contributed by atoms with E-state index in [1.54, 1.807) is 0 Å². The Morgan fingerprint density at radius 1 is 0.370 bits per heavy atom. The van der Waals surface area contributed by atoms with Gasteiger partial charge in [0.25, 0.3) is 0 Å². The molecule has 0 aliphatic heterocycles. The number of aromatic nitrogens is 3. The van der Waals surface area contributed by atoms with E-state index in [1.807, 2.05) is 59.9 Å². The van der Waals surface area contributed by atoms with E-state index < -0.39 is 0 Å². The van der Waals surface area contributed by atoms with Crippen molar-refractivity contribution in [1.82, 2.24) is 15.0 Å². The van der Waals surface area contributed by atoms with Crippen LogP contribution in [0.15, 0.2) is 182 Å². The first kappa shape index (κ1) is 32.2. The molecule has 0 bridgehead atoms. The Balaban J connectivity index is 1.09. The van der Waals surface area contributed by atoms with E-state index >= 15 is 0 Å². The summed E-state index contributed by atoms with van der Waals surface area (Å²) in [5, 5.41) is 5.45. The van der Waals surface area contributed by atoms with Crippen molar-refractivity contribution in [1.29, 1.82) is 0 Å². The van der Waals surface area contributed by atoms with Gasteiger partial charge in [0.2, 0.25) is 0 Å². The highest BCUT2D eigenvalue weighted by Gasteiger charge is 2.19. The lowest BCUT2D eigenvalue weighted by molar-refractivity contribution is 1.07. The minimum atomic E-state index is 0.587. The van der Waals surface area contributed by atoms with Crippen LogP contribution in [-0.4, -0.2) is 15.0 Å². The van der Waals surface area contributed by atoms with Crippen molar-refractivity contribution in [3.8, 4) is 67.5 Å². The third-order valence-electron chi connectivity index (χ3n) is 10.0. The number of halogens is 1. The van der Waals surface area contributed by atoms with E-state index in [0.29, 0.717) is 22.5 Å². The van der Waals surface area contributed by atoms with Crippen LogP contribution in [0.5, 0.6) is 0 Å². The predicted molar refractivity (Wildman–Crippen MR) is 228 cm³/mol. The molecule has 0 aliphatic carbocycles. The smallest absolute Gasteiger partial charge is 0.164 e. The highest BCUT2D eigenvalue weighted by atomic mass is 35.5. The molecule has 5 heteroatoms. The van der Waals surface area contributed by atoms with Crippen molar-refractivity contribution in [3.63, 3.8) is 0 Å². The summed E-state index contributed by atoms with van der Waals surface area (Å²) in [5.41, 5.74) is 9.45. The van der Waals surface area contributed by atoms with E-state index in [4.69, 9.17) is 26.6 Å². The third kappa shape index (κ3) is 5.82. The molecule has 3 nitrogen and oxygen atoms in total. The fraction of sp³-hybridized carbons (Fsp3) is 0. The molecule has 0 radical (unpaired) electrons. The van der Waals surface area contributed by atoms with Crippen LogP contribution in [-0.2, 0) is 0 Å². The molecule has 0 atom stereocenters. The van der Waals surface area contributed by atoms with Crippen molar-refractivity contribution < 1.29 is 0 Å². The lowest BCUT2D eigenvalue weighted by Gasteiger charge is -2.14. The van der Waals surface area contributed by atoms with E-state index in [9.17, 15) is 0 Å². The molecule has 0 saturated carbocycles. The van der Waals surface area contributed by atoms with Crippen molar-refractivity contribution in [2.75, 3.05) is 0 Å². The lowest BCUT2D eigenvalue weighted by Crippen LogP contribution is -2.00. The highest BCUT2D eigenvalue weighted by Crippen LogP contribution is 2.46. The van der Waals surface area contributed by atoms with Crippen LogP contribution in [0.2, 0.25) is 5.02 Å². The molecular formula is C49H30ClN3S. The van der Waals surface area contributed by atoms with Gasteiger partial charge in [-0.05, 0) is 63.4 Å². The summed E-state index contributed by atoms with van der Waals surface area (Å²) in [7, 11) is 0. The lowest BCUT2D eigenvalue weighted by atomic mass is 9.92. The number of benzene rings is 8. The molecule has 254 valence electrons. The molecule has 8 aromatic carbocycles. The first-order valence-electron chi connectivity index (χ1n) is 17.9. The van der Waals surface area contributed by atoms with Gasteiger partial charge in [0.15, 0.2) is 17.5 Å². The maximum atomic E-state index is 7.15. The summed E-state index contributed by atoms with van der Waals surface area (Å²) < 4.78 is 2.48. The van der Waals surface area contributed by atoms with Gasteiger partial charge in [0.1, 0.15) is 0 Å². The number of fused-ring (bicyclic) bond motifs is 4. The Bertz CT molecular complexity index is 2980. The fourth-order valence-corrected chi connectivity index (χ4v) is 8.71. The van der Waals surface area contributed by atoms with Gasteiger partial charge in [-0.25, -0.2) is 15.0 Å². The van der Waals surface area contributed by atoms with Gasteiger partial charge in [-0.3, -0.25) is 0 Å². The first-order chi connectivity index (χ1) is 26.7. The Kier molecular flexibility index (Phi) is 8.06. The average Bonchev–Trinajstić information content (AvgIpc) is 3.62. The number of nitrogens with zero attached hydrogens (tertiary/aromatic N) is 3. The van der Waals surface area contributed by atoms with Crippen LogP contribution in [0.1, 0.15) is 0 Å². The van der Waals surface area contributed by atoms with Crippen LogP contribution < -0.4 is 0 Å². The van der Waals surface area contributed by atoms with E-state index in [1.165, 1.54) is 36.7 Å². The van der Waals surface area contributed by atoms with Gasteiger partial charge in [0, 0.05) is 53.0 Å². The molecule has 0 saturated heterocycles. The second-order valence-electron chi connectivity index (χ2n) is 13.3. The Morgan fingerprint density at radius 3 is 1.48 bits per heavy atom. The summed E-state index contributed by atoms with van der Waals surface area (Å²) in [4.78, 5) is 15.2. The van der Waals surface area contributed by atoms with Gasteiger partial charge in [-0.2, -0.15) is 0 Å². The van der Waals surface area contributed by atoms with Gasteiger partial charge >= 0.3 is 0 Å². The van der Waals surface area contributed by atoms with Crippen molar-refractivity contribution in [2.24, 2.45) is 0 Å². The number of hydrogen-bond acceptors (Lipinski definition) is 4. The van der Waals surface area contributed by atoms with Crippen molar-refractivity contribution in [3.05, 3.63) is 187 Å². The SMILES string of the molecule is Clc1ccc(-c2nc(-c3ccccc3)nc(-c3ccc(-c4ccc(-c5ccccc5)cc4)cc3)n2)cc1-c1c2ccccc2cc2sc3ccccc3c12. The van der Waals surface area contributed by atoms with Crippen LogP contribution in [0.3, 0.4) is 0 Å². The third-order valence-corrected chi connectivity index (χ3v) is 11.5. The van der Waals surface area contributed by atoms with Crippen LogP contribution in [0.4, 0.5) is 0 Å². The van der Waals surface area contributed by atoms with Crippen molar-refractivity contribution in [2.45, 2.75) is 0 Å². The Morgan fingerprint density at radius 2 is 0.833 bits per heavy atom. The van der Waals surface area contributed by atoms with Crippen LogP contribution in [0.25, 0.3) is 98.5 Å². The molecule has 10 aromatic rings. The minimum Gasteiger partial charge on any atom is -0.208 e. The standard InChI is InChI=1S/C49H30ClN3S/c50-42-28-27-38(29-41(42)45-39-16-8-7-15-37(39)30-44-46(45)40-17-9-10-18-43(40)54-44)49-52-47(35-13-5-2-6-14-35)51-48(53-49)36-25-23-34(24-26-36)33-21-19-32(20-22-33)31-11-3-1-4-12-31/h1-30H. The molecule has 0 aliphatic rings. The zero-order valence-electron chi connectivity index (χ0n) is 28.9. The zero-order valence-corrected chi connectivity index (χ0v) is 30.5. The highest BCUT2D eigenvalue weighted by molar-refractivity contribution is 7.26. The van der Waals surface area contributed by atoms with Crippen LogP contribution >= 0.6 is 22.9 Å². The quantitative estimate of drug-likeness (QED) is 0.171. The average molecular weight is 728 g/mol. The summed E-state index contributed by atoms with van der Waals surface area (Å²) in [6.07, 6.45) is 0. The van der Waals surface area contributed by atoms with Gasteiger partial charge in [0.05, 0.1) is 0 Å².